The molecule has 6 heteroatoms. The zero-order chi connectivity index (χ0) is 21.4. The molecule has 0 fully saturated rings. The summed E-state index contributed by atoms with van der Waals surface area (Å²) in [6.45, 7) is 3.97. The number of nitriles is 2. The molecule has 0 bridgehead atoms. The minimum Gasteiger partial charge on any atom is -0.384 e. The topological polar surface area (TPSA) is 95.6 Å². The third-order valence-corrected chi connectivity index (χ3v) is 6.28. The van der Waals surface area contributed by atoms with Crippen molar-refractivity contribution >= 4 is 28.8 Å². The van der Waals surface area contributed by atoms with Gasteiger partial charge in [-0.1, -0.05) is 59.7 Å². The fraction of sp³-hybridized carbons (Fsp3) is 0.125. The van der Waals surface area contributed by atoms with Crippen molar-refractivity contribution in [2.75, 3.05) is 0 Å². The van der Waals surface area contributed by atoms with Crippen LogP contribution in [0.5, 0.6) is 0 Å². The molecule has 1 aliphatic rings. The summed E-state index contributed by atoms with van der Waals surface area (Å²) in [6.07, 6.45) is 1.78. The molecule has 0 spiro atoms. The summed E-state index contributed by atoms with van der Waals surface area (Å²) in [7, 11) is 0. The lowest BCUT2D eigenvalue weighted by molar-refractivity contribution is 0.906. The number of benzene rings is 2. The second kappa shape index (κ2) is 7.51. The first-order chi connectivity index (χ1) is 14.4. The largest absolute Gasteiger partial charge is 0.384 e. The van der Waals surface area contributed by atoms with Gasteiger partial charge >= 0.3 is 0 Å². The van der Waals surface area contributed by atoms with Crippen LogP contribution in [0.25, 0.3) is 17.5 Å². The van der Waals surface area contributed by atoms with Gasteiger partial charge in [0, 0.05) is 0 Å². The average molecular weight is 411 g/mol. The highest BCUT2D eigenvalue weighted by molar-refractivity contribution is 7.07. The molecular formula is C24H18N4OS. The van der Waals surface area contributed by atoms with Crippen LogP contribution in [-0.4, -0.2) is 4.57 Å². The Morgan fingerprint density at radius 3 is 2.10 bits per heavy atom. The van der Waals surface area contributed by atoms with Gasteiger partial charge < -0.3 is 5.73 Å². The van der Waals surface area contributed by atoms with Crippen LogP contribution in [0, 0.1) is 36.5 Å². The van der Waals surface area contributed by atoms with Crippen molar-refractivity contribution in [3.8, 4) is 12.1 Å². The van der Waals surface area contributed by atoms with Crippen molar-refractivity contribution in [3.05, 3.63) is 95.9 Å². The van der Waals surface area contributed by atoms with E-state index in [4.69, 9.17) is 5.73 Å². The van der Waals surface area contributed by atoms with E-state index in [-0.39, 0.29) is 17.0 Å². The second-order valence-electron chi connectivity index (χ2n) is 7.25. The molecule has 3 aromatic rings. The quantitative estimate of drug-likeness (QED) is 0.702. The van der Waals surface area contributed by atoms with Crippen LogP contribution in [0.3, 0.4) is 0 Å². The first-order valence-corrected chi connectivity index (χ1v) is 10.2. The maximum absolute atomic E-state index is 13.1. The Labute approximate surface area is 177 Å². The number of aromatic nitrogens is 1. The fourth-order valence-electron chi connectivity index (χ4n) is 3.56. The van der Waals surface area contributed by atoms with Gasteiger partial charge in [-0.25, -0.2) is 0 Å². The minimum absolute atomic E-state index is 0.0851. The maximum Gasteiger partial charge on any atom is 0.274 e. The van der Waals surface area contributed by atoms with E-state index in [1.807, 2.05) is 62.4 Å². The lowest BCUT2D eigenvalue weighted by Crippen LogP contribution is -2.38. The van der Waals surface area contributed by atoms with E-state index in [1.54, 1.807) is 6.08 Å². The van der Waals surface area contributed by atoms with Crippen molar-refractivity contribution in [3.63, 3.8) is 0 Å². The average Bonchev–Trinajstić information content (AvgIpc) is 3.06. The van der Waals surface area contributed by atoms with Crippen molar-refractivity contribution < 1.29 is 0 Å². The number of hydrogen-bond donors (Lipinski definition) is 1. The zero-order valence-corrected chi connectivity index (χ0v) is 17.3. The number of nitrogens with zero attached hydrogens (tertiary/aromatic N) is 3. The van der Waals surface area contributed by atoms with Crippen molar-refractivity contribution in [2.45, 2.75) is 19.8 Å². The molecule has 2 heterocycles. The van der Waals surface area contributed by atoms with Gasteiger partial charge in [-0.2, -0.15) is 10.5 Å². The smallest absolute Gasteiger partial charge is 0.274 e. The van der Waals surface area contributed by atoms with Crippen LogP contribution >= 0.6 is 11.3 Å². The Hall–Kier alpha value is -3.87. The number of hydrogen-bond acceptors (Lipinski definition) is 5. The predicted octanol–water partition coefficient (Wildman–Crippen LogP) is 2.48. The van der Waals surface area contributed by atoms with Crippen LogP contribution in [0.2, 0.25) is 0 Å². The van der Waals surface area contributed by atoms with Crippen LogP contribution in [-0.2, 0) is 0 Å². The van der Waals surface area contributed by atoms with Gasteiger partial charge in [0.25, 0.3) is 5.56 Å². The van der Waals surface area contributed by atoms with Crippen molar-refractivity contribution in [2.24, 2.45) is 5.73 Å². The van der Waals surface area contributed by atoms with E-state index >= 15 is 0 Å². The molecule has 30 heavy (non-hydrogen) atoms. The van der Waals surface area contributed by atoms with E-state index in [9.17, 15) is 15.3 Å². The standard InChI is InChI=1S/C24H18N4OS/c1-14-3-7-16(8-4-14)11-20-23(29)28-22(27)18(12-25)21(19(13-26)24(28)30-20)17-9-5-15(2)6-10-17/h3-11,21H,27H2,1-2H3/b20-11-. The third-order valence-electron chi connectivity index (χ3n) is 5.17. The van der Waals surface area contributed by atoms with Crippen LogP contribution in [0.4, 0.5) is 0 Å². The summed E-state index contributed by atoms with van der Waals surface area (Å²) in [5.74, 6) is -0.507. The van der Waals surface area contributed by atoms with Gasteiger partial charge in [-0.15, -0.1) is 11.3 Å². The molecule has 1 aliphatic heterocycles. The monoisotopic (exact) mass is 410 g/mol. The lowest BCUT2D eigenvalue weighted by atomic mass is 9.84. The third kappa shape index (κ3) is 3.14. The number of fused-ring (bicyclic) bond motifs is 1. The molecule has 2 aromatic carbocycles. The van der Waals surface area contributed by atoms with E-state index < -0.39 is 5.92 Å². The Bertz CT molecular complexity index is 1440. The van der Waals surface area contributed by atoms with E-state index in [0.29, 0.717) is 14.8 Å². The Kier molecular flexibility index (Phi) is 4.87. The van der Waals surface area contributed by atoms with E-state index in [1.165, 1.54) is 15.9 Å². The van der Waals surface area contributed by atoms with Gasteiger partial charge in [-0.05, 0) is 31.1 Å². The Balaban J connectivity index is 2.04. The van der Waals surface area contributed by atoms with Crippen molar-refractivity contribution in [1.29, 1.82) is 10.5 Å². The van der Waals surface area contributed by atoms with Crippen LogP contribution < -0.4 is 20.5 Å². The van der Waals surface area contributed by atoms with E-state index in [0.717, 1.165) is 22.3 Å². The number of nitrogens with two attached hydrogens (primary N) is 1. The Morgan fingerprint density at radius 2 is 1.53 bits per heavy atom. The first kappa shape index (κ1) is 19.4. The van der Waals surface area contributed by atoms with Crippen LogP contribution in [0.1, 0.15) is 28.2 Å². The van der Waals surface area contributed by atoms with Gasteiger partial charge in [0.2, 0.25) is 0 Å². The van der Waals surface area contributed by atoms with Crippen LogP contribution in [0.15, 0.2) is 58.9 Å². The van der Waals surface area contributed by atoms with Crippen molar-refractivity contribution in [1.82, 2.24) is 4.57 Å². The summed E-state index contributed by atoms with van der Waals surface area (Å²) in [6, 6.07) is 19.8. The van der Waals surface area contributed by atoms with Gasteiger partial charge in [0.15, 0.2) is 0 Å². The first-order valence-electron chi connectivity index (χ1n) is 9.36. The highest BCUT2D eigenvalue weighted by Gasteiger charge is 2.32. The number of aryl methyl sites for hydroxylation is 2. The SMILES string of the molecule is Cc1ccc(/C=c2\sc3n(c2=O)C(N)=C(C#N)C(c2ccc(C)cc2)C=3C#N)cc1. The lowest BCUT2D eigenvalue weighted by Gasteiger charge is -2.22. The minimum atomic E-state index is -0.592. The molecule has 0 saturated heterocycles. The normalized spacial score (nSPS) is 16.2. The number of thiazole rings is 1. The van der Waals surface area contributed by atoms with Gasteiger partial charge in [0.1, 0.15) is 10.5 Å². The molecule has 1 aromatic heterocycles. The second-order valence-corrected chi connectivity index (χ2v) is 8.28. The van der Waals surface area contributed by atoms with E-state index in [2.05, 4.69) is 12.1 Å². The van der Waals surface area contributed by atoms with Gasteiger partial charge in [-0.3, -0.25) is 9.36 Å². The molecule has 0 saturated carbocycles. The zero-order valence-electron chi connectivity index (χ0n) is 16.5. The highest BCUT2D eigenvalue weighted by Crippen LogP contribution is 2.35. The summed E-state index contributed by atoms with van der Waals surface area (Å²) >= 11 is 1.22. The molecule has 1 unspecified atom stereocenters. The summed E-state index contributed by atoms with van der Waals surface area (Å²) < 4.78 is 2.24. The summed E-state index contributed by atoms with van der Waals surface area (Å²) in [5, 5.41) is 19.8. The van der Waals surface area contributed by atoms with Gasteiger partial charge in [0.05, 0.1) is 33.7 Å². The molecule has 146 valence electrons. The molecule has 1 atom stereocenters. The summed E-state index contributed by atoms with van der Waals surface area (Å²) in [4.78, 5) is 13.1. The fourth-order valence-corrected chi connectivity index (χ4v) is 4.69. The molecule has 0 amide bonds. The maximum atomic E-state index is 13.1. The molecular weight excluding hydrogens is 392 g/mol. The molecule has 5 nitrogen and oxygen atoms in total. The number of allylic oxidation sites excluding steroid dienone is 1. The number of rotatable bonds is 2. The summed E-state index contributed by atoms with van der Waals surface area (Å²) in [5.41, 5.74) is 10.4. The predicted molar refractivity (Wildman–Crippen MR) is 119 cm³/mol. The molecule has 0 radical (unpaired) electrons. The highest BCUT2D eigenvalue weighted by atomic mass is 32.1. The molecule has 0 aliphatic carbocycles. The Morgan fingerprint density at radius 1 is 0.967 bits per heavy atom. The molecule has 2 N–H and O–H groups in total. The molecule has 4 rings (SSSR count).